The third-order valence-electron chi connectivity index (χ3n) is 5.66. The molecule has 1 amide bonds. The number of aliphatic carboxylic acids is 1. The monoisotopic (exact) mass is 499 g/mol. The van der Waals surface area contributed by atoms with Gasteiger partial charge in [-0.05, 0) is 40.5 Å². The van der Waals surface area contributed by atoms with Crippen molar-refractivity contribution in [1.82, 2.24) is 4.90 Å². The number of ether oxygens (including phenoxy) is 2. The van der Waals surface area contributed by atoms with Crippen molar-refractivity contribution < 1.29 is 37.3 Å². The number of likely N-dealkylation sites (N-methyl/N-ethyl adjacent to an activating group) is 1. The minimum Gasteiger partial charge on any atom is -0.475 e. The first kappa shape index (κ1) is 24.6. The van der Waals surface area contributed by atoms with Crippen LogP contribution in [-0.2, 0) is 15.1 Å². The van der Waals surface area contributed by atoms with Gasteiger partial charge in [-0.15, -0.1) is 0 Å². The Morgan fingerprint density at radius 3 is 2.19 bits per heavy atom. The highest BCUT2D eigenvalue weighted by Crippen LogP contribution is 2.41. The zero-order valence-electron chi connectivity index (χ0n) is 18.8. The SMILES string of the molecule is CN1C(=O)C(c2ccccc2)(c2cccc(-c3ccc4c(c3)OCO4)c2)N=C1N.O=C(O)C(F)(F)F. The lowest BCUT2D eigenvalue weighted by atomic mass is 9.82. The second kappa shape index (κ2) is 9.25. The molecule has 0 spiro atoms. The van der Waals surface area contributed by atoms with E-state index >= 15 is 0 Å². The number of carboxylic acid groups (broad SMARTS) is 1. The molecule has 3 aromatic rings. The number of carbonyl (C=O) groups is 2. The fourth-order valence-electron chi connectivity index (χ4n) is 3.86. The lowest BCUT2D eigenvalue weighted by molar-refractivity contribution is -0.192. The molecule has 0 fully saturated rings. The normalized spacial score (nSPS) is 18.4. The molecule has 3 N–H and O–H groups in total. The van der Waals surface area contributed by atoms with E-state index in [0.29, 0.717) is 5.75 Å². The number of fused-ring (bicyclic) bond motifs is 1. The highest BCUT2D eigenvalue weighted by Gasteiger charge is 2.49. The second-order valence-electron chi connectivity index (χ2n) is 7.86. The number of carbonyl (C=O) groups excluding carboxylic acids is 1. The van der Waals surface area contributed by atoms with Crippen LogP contribution in [0.5, 0.6) is 11.5 Å². The van der Waals surface area contributed by atoms with Crippen molar-refractivity contribution in [3.05, 3.63) is 83.9 Å². The van der Waals surface area contributed by atoms with Gasteiger partial charge in [0.1, 0.15) is 0 Å². The van der Waals surface area contributed by atoms with E-state index in [1.807, 2.05) is 72.8 Å². The summed E-state index contributed by atoms with van der Waals surface area (Å²) in [6.45, 7) is 0.227. The Morgan fingerprint density at radius 2 is 1.58 bits per heavy atom. The van der Waals surface area contributed by atoms with Crippen LogP contribution < -0.4 is 15.2 Å². The van der Waals surface area contributed by atoms with Crippen LogP contribution in [0.15, 0.2) is 77.8 Å². The highest BCUT2D eigenvalue weighted by molar-refractivity contribution is 6.09. The van der Waals surface area contributed by atoms with Gasteiger partial charge in [-0.2, -0.15) is 13.2 Å². The van der Waals surface area contributed by atoms with Gasteiger partial charge in [0.25, 0.3) is 5.91 Å². The highest BCUT2D eigenvalue weighted by atomic mass is 19.4. The second-order valence-corrected chi connectivity index (χ2v) is 7.86. The molecule has 5 rings (SSSR count). The van der Waals surface area contributed by atoms with E-state index in [-0.39, 0.29) is 18.7 Å². The third kappa shape index (κ3) is 4.42. The molecule has 1 unspecified atom stereocenters. The molecule has 1 atom stereocenters. The zero-order valence-corrected chi connectivity index (χ0v) is 18.8. The first-order valence-electron chi connectivity index (χ1n) is 10.5. The lowest BCUT2D eigenvalue weighted by Gasteiger charge is -2.26. The number of carboxylic acids is 1. The Morgan fingerprint density at radius 1 is 0.972 bits per heavy atom. The predicted octanol–water partition coefficient (Wildman–Crippen LogP) is 3.75. The van der Waals surface area contributed by atoms with Crippen molar-refractivity contribution in [1.29, 1.82) is 0 Å². The molecule has 2 aliphatic heterocycles. The summed E-state index contributed by atoms with van der Waals surface area (Å²) in [5, 5.41) is 7.12. The predicted molar refractivity (Wildman–Crippen MR) is 123 cm³/mol. The third-order valence-corrected chi connectivity index (χ3v) is 5.66. The molecule has 186 valence electrons. The summed E-state index contributed by atoms with van der Waals surface area (Å²) in [5.74, 6) is -1.29. The van der Waals surface area contributed by atoms with Crippen LogP contribution in [-0.4, -0.2) is 47.9 Å². The van der Waals surface area contributed by atoms with Crippen LogP contribution in [0.4, 0.5) is 13.2 Å². The van der Waals surface area contributed by atoms with Crippen LogP contribution in [0, 0.1) is 0 Å². The Balaban J connectivity index is 0.000000384. The summed E-state index contributed by atoms with van der Waals surface area (Å²) in [7, 11) is 1.65. The number of rotatable bonds is 3. The largest absolute Gasteiger partial charge is 0.490 e. The van der Waals surface area contributed by atoms with E-state index in [0.717, 1.165) is 28.0 Å². The number of hydrogen-bond acceptors (Lipinski definition) is 6. The molecule has 8 nitrogen and oxygen atoms in total. The number of hydrogen-bond donors (Lipinski definition) is 2. The number of nitrogens with two attached hydrogens (primary N) is 1. The first-order valence-corrected chi connectivity index (χ1v) is 10.5. The lowest BCUT2D eigenvalue weighted by Crippen LogP contribution is -2.41. The maximum Gasteiger partial charge on any atom is 0.490 e. The van der Waals surface area contributed by atoms with Crippen molar-refractivity contribution in [2.75, 3.05) is 13.8 Å². The number of alkyl halides is 3. The number of halogens is 3. The summed E-state index contributed by atoms with van der Waals surface area (Å²) in [4.78, 5) is 28.3. The van der Waals surface area contributed by atoms with Gasteiger partial charge in [-0.25, -0.2) is 9.79 Å². The molecule has 2 aliphatic rings. The Kier molecular flexibility index (Phi) is 6.32. The molecule has 0 saturated heterocycles. The molecule has 0 aliphatic carbocycles. The van der Waals surface area contributed by atoms with Crippen LogP contribution in [0.3, 0.4) is 0 Å². The Bertz CT molecular complexity index is 1340. The van der Waals surface area contributed by atoms with Crippen molar-refractivity contribution >= 4 is 17.8 Å². The van der Waals surface area contributed by atoms with E-state index in [4.69, 9.17) is 25.1 Å². The van der Waals surface area contributed by atoms with Crippen molar-refractivity contribution in [3.8, 4) is 22.6 Å². The van der Waals surface area contributed by atoms with Gasteiger partial charge in [0.05, 0.1) is 0 Å². The molecule has 11 heteroatoms. The standard InChI is InChI=1S/C23H19N3O3.C2HF3O2/c1-26-21(27)23(25-22(26)24,17-7-3-2-4-8-17)18-9-5-6-15(12-18)16-10-11-19-20(13-16)29-14-28-19;3-2(4,5)1(6)7/h2-13H,14H2,1H3,(H2,24,25);(H,6,7). The minimum absolute atomic E-state index is 0.177. The van der Waals surface area contributed by atoms with E-state index in [9.17, 15) is 18.0 Å². The summed E-state index contributed by atoms with van der Waals surface area (Å²) in [6.07, 6.45) is -5.08. The summed E-state index contributed by atoms with van der Waals surface area (Å²) in [5.41, 5.74) is 8.31. The van der Waals surface area contributed by atoms with Crippen LogP contribution >= 0.6 is 0 Å². The van der Waals surface area contributed by atoms with Gasteiger partial charge >= 0.3 is 12.1 Å². The fraction of sp³-hybridized carbons (Fsp3) is 0.160. The summed E-state index contributed by atoms with van der Waals surface area (Å²) in [6, 6.07) is 23.1. The number of amides is 1. The topological polar surface area (TPSA) is 114 Å². The number of benzene rings is 3. The van der Waals surface area contributed by atoms with Crippen molar-refractivity contribution in [2.24, 2.45) is 10.7 Å². The average Bonchev–Trinajstić information content (AvgIpc) is 3.43. The van der Waals surface area contributed by atoms with Crippen molar-refractivity contribution in [2.45, 2.75) is 11.7 Å². The van der Waals surface area contributed by atoms with Crippen LogP contribution in [0.2, 0.25) is 0 Å². The minimum atomic E-state index is -5.08. The fourth-order valence-corrected chi connectivity index (χ4v) is 3.86. The van der Waals surface area contributed by atoms with Crippen LogP contribution in [0.25, 0.3) is 11.1 Å². The van der Waals surface area contributed by atoms with Gasteiger partial charge in [0.15, 0.2) is 23.0 Å². The quantitative estimate of drug-likeness (QED) is 0.568. The molecular formula is C25H20F3N3O5. The molecule has 36 heavy (non-hydrogen) atoms. The average molecular weight is 499 g/mol. The molecular weight excluding hydrogens is 479 g/mol. The van der Waals surface area contributed by atoms with Gasteiger partial charge in [-0.3, -0.25) is 9.69 Å². The first-order chi connectivity index (χ1) is 17.0. The van der Waals surface area contributed by atoms with E-state index < -0.39 is 17.7 Å². The van der Waals surface area contributed by atoms with Gasteiger partial charge in [0, 0.05) is 7.05 Å². The molecule has 0 saturated carbocycles. The number of nitrogens with zero attached hydrogens (tertiary/aromatic N) is 2. The van der Waals surface area contributed by atoms with E-state index in [1.54, 1.807) is 7.05 Å². The van der Waals surface area contributed by atoms with Gasteiger partial charge < -0.3 is 20.3 Å². The molecule has 2 heterocycles. The smallest absolute Gasteiger partial charge is 0.475 e. The molecule has 3 aromatic carbocycles. The molecule has 0 bridgehead atoms. The number of aliphatic imine (C=N–C) groups is 1. The molecule has 0 aromatic heterocycles. The van der Waals surface area contributed by atoms with Gasteiger partial charge in [0.2, 0.25) is 6.79 Å². The maximum absolute atomic E-state index is 13.3. The van der Waals surface area contributed by atoms with Gasteiger partial charge in [-0.1, -0.05) is 54.6 Å². The number of guanidine groups is 1. The maximum atomic E-state index is 13.3. The van der Waals surface area contributed by atoms with Crippen LogP contribution in [0.1, 0.15) is 11.1 Å². The van der Waals surface area contributed by atoms with E-state index in [2.05, 4.69) is 4.99 Å². The summed E-state index contributed by atoms with van der Waals surface area (Å²) >= 11 is 0. The molecule has 0 radical (unpaired) electrons. The summed E-state index contributed by atoms with van der Waals surface area (Å²) < 4.78 is 42.6. The van der Waals surface area contributed by atoms with E-state index in [1.165, 1.54) is 4.90 Å². The Hall–Kier alpha value is -4.54. The van der Waals surface area contributed by atoms with Crippen molar-refractivity contribution in [3.63, 3.8) is 0 Å². The zero-order chi connectivity index (χ0) is 26.1. The Labute approximate surface area is 203 Å².